The summed E-state index contributed by atoms with van der Waals surface area (Å²) >= 11 is 5.69. The Hall–Kier alpha value is -0.890. The minimum absolute atomic E-state index is 0.281. The van der Waals surface area contributed by atoms with E-state index in [9.17, 15) is 9.18 Å². The number of halogens is 2. The van der Waals surface area contributed by atoms with Crippen LogP contribution in [0.3, 0.4) is 0 Å². The van der Waals surface area contributed by atoms with Gasteiger partial charge in [0.2, 0.25) is 5.24 Å². The van der Waals surface area contributed by atoms with Crippen LogP contribution in [0, 0.1) is 17.2 Å². The molecule has 1 aromatic rings. The predicted molar refractivity (Wildman–Crippen MR) is 68.5 cm³/mol. The summed E-state index contributed by atoms with van der Waals surface area (Å²) in [5.41, 5.74) is 0.186. The van der Waals surface area contributed by atoms with E-state index in [-0.39, 0.29) is 11.1 Å². The maximum atomic E-state index is 13.1. The molecular formula is C14H18ClFO. The van der Waals surface area contributed by atoms with Crippen molar-refractivity contribution in [1.82, 2.24) is 0 Å². The highest BCUT2D eigenvalue weighted by Crippen LogP contribution is 2.33. The fourth-order valence-electron chi connectivity index (χ4n) is 2.22. The van der Waals surface area contributed by atoms with Crippen molar-refractivity contribution in [2.75, 3.05) is 0 Å². The molecule has 1 rings (SSSR count). The lowest BCUT2D eigenvalue weighted by Crippen LogP contribution is -2.28. The average Bonchev–Trinajstić information content (AvgIpc) is 2.15. The second-order valence-corrected chi connectivity index (χ2v) is 5.58. The zero-order valence-corrected chi connectivity index (χ0v) is 11.2. The van der Waals surface area contributed by atoms with Crippen LogP contribution in [0.25, 0.3) is 0 Å². The van der Waals surface area contributed by atoms with Crippen LogP contribution in [0.1, 0.15) is 32.8 Å². The van der Waals surface area contributed by atoms with Gasteiger partial charge in [-0.15, -0.1) is 0 Å². The number of hydrogen-bond acceptors (Lipinski definition) is 1. The minimum atomic E-state index is -0.622. The van der Waals surface area contributed by atoms with Gasteiger partial charge in [0.25, 0.3) is 0 Å². The highest BCUT2D eigenvalue weighted by molar-refractivity contribution is 6.64. The smallest absolute Gasteiger partial charge is 0.227 e. The van der Waals surface area contributed by atoms with E-state index in [1.165, 1.54) is 12.1 Å². The van der Waals surface area contributed by atoms with E-state index < -0.39 is 5.41 Å². The molecule has 1 nitrogen and oxygen atoms in total. The molecule has 0 aliphatic rings. The second-order valence-electron chi connectivity index (χ2n) is 5.24. The number of hydrogen-bond donors (Lipinski definition) is 0. The Labute approximate surface area is 107 Å². The Morgan fingerprint density at radius 1 is 1.47 bits per heavy atom. The second kappa shape index (κ2) is 5.63. The molecule has 0 N–H and O–H groups in total. The molecule has 1 atom stereocenters. The molecule has 94 valence electrons. The largest absolute Gasteiger partial charge is 0.281 e. The Balaban J connectivity index is 2.90. The third kappa shape index (κ3) is 4.12. The van der Waals surface area contributed by atoms with Gasteiger partial charge in [0.15, 0.2) is 0 Å². The zero-order chi connectivity index (χ0) is 13.1. The normalized spacial score (nSPS) is 14.7. The molecule has 17 heavy (non-hydrogen) atoms. The molecule has 1 aromatic carbocycles. The van der Waals surface area contributed by atoms with Crippen molar-refractivity contribution < 1.29 is 9.18 Å². The molecule has 0 fully saturated rings. The lowest BCUT2D eigenvalue weighted by molar-refractivity contribution is -0.120. The van der Waals surface area contributed by atoms with Crippen molar-refractivity contribution in [2.45, 2.75) is 33.6 Å². The number of carbonyl (C=O) groups excluding carboxylic acids is 1. The van der Waals surface area contributed by atoms with Crippen molar-refractivity contribution in [1.29, 1.82) is 0 Å². The zero-order valence-electron chi connectivity index (χ0n) is 10.5. The third-order valence-corrected chi connectivity index (χ3v) is 3.27. The summed E-state index contributed by atoms with van der Waals surface area (Å²) < 4.78 is 13.1. The van der Waals surface area contributed by atoms with Crippen LogP contribution in [-0.2, 0) is 11.2 Å². The van der Waals surface area contributed by atoms with Gasteiger partial charge in [-0.3, -0.25) is 4.79 Å². The quantitative estimate of drug-likeness (QED) is 0.722. The van der Waals surface area contributed by atoms with Crippen molar-refractivity contribution >= 4 is 16.8 Å². The van der Waals surface area contributed by atoms with Crippen molar-refractivity contribution in [2.24, 2.45) is 11.3 Å². The van der Waals surface area contributed by atoms with Gasteiger partial charge >= 0.3 is 0 Å². The SMILES string of the molecule is CC(C)C[C@](C)(Cc1cccc(F)c1)C(=O)Cl. The van der Waals surface area contributed by atoms with Crippen molar-refractivity contribution in [3.63, 3.8) is 0 Å². The average molecular weight is 257 g/mol. The van der Waals surface area contributed by atoms with Crippen LogP contribution in [-0.4, -0.2) is 5.24 Å². The maximum absolute atomic E-state index is 13.1. The molecule has 0 spiro atoms. The van der Waals surface area contributed by atoms with E-state index in [1.54, 1.807) is 6.07 Å². The fourth-order valence-corrected chi connectivity index (χ4v) is 2.36. The molecule has 0 aromatic heterocycles. The van der Waals surface area contributed by atoms with Crippen LogP contribution in [0.15, 0.2) is 24.3 Å². The highest BCUT2D eigenvalue weighted by Gasteiger charge is 2.32. The first-order valence-electron chi connectivity index (χ1n) is 5.78. The Kier molecular flexibility index (Phi) is 4.70. The third-order valence-electron chi connectivity index (χ3n) is 2.82. The van der Waals surface area contributed by atoms with Crippen molar-refractivity contribution in [3.05, 3.63) is 35.6 Å². The standard InChI is InChI=1S/C14H18ClFO/c1-10(2)8-14(3,13(15)17)9-11-5-4-6-12(16)7-11/h4-7,10H,8-9H2,1-3H3/t14-/m1/s1. The van der Waals surface area contributed by atoms with Crippen LogP contribution >= 0.6 is 11.6 Å². The number of rotatable bonds is 5. The molecule has 0 amide bonds. The molecular weight excluding hydrogens is 239 g/mol. The predicted octanol–water partition coefficient (Wildman–Crippen LogP) is 4.19. The monoisotopic (exact) mass is 256 g/mol. The molecule has 3 heteroatoms. The van der Waals surface area contributed by atoms with E-state index in [1.807, 2.05) is 26.8 Å². The molecule has 0 heterocycles. The van der Waals surface area contributed by atoms with E-state index in [0.717, 1.165) is 5.56 Å². The number of carbonyl (C=O) groups is 1. The van der Waals surface area contributed by atoms with Gasteiger partial charge in [0.1, 0.15) is 5.82 Å². The van der Waals surface area contributed by atoms with Crippen LogP contribution in [0.4, 0.5) is 4.39 Å². The van der Waals surface area contributed by atoms with E-state index in [4.69, 9.17) is 11.6 Å². The summed E-state index contributed by atoms with van der Waals surface area (Å²) in [4.78, 5) is 11.6. The van der Waals surface area contributed by atoms with E-state index >= 15 is 0 Å². The lowest BCUT2D eigenvalue weighted by Gasteiger charge is -2.27. The summed E-state index contributed by atoms with van der Waals surface area (Å²) in [6.07, 6.45) is 1.18. The molecule has 0 aliphatic heterocycles. The molecule has 0 radical (unpaired) electrons. The first kappa shape index (κ1) is 14.2. The molecule has 0 unspecified atom stereocenters. The van der Waals surface area contributed by atoms with Gasteiger partial charge in [-0.25, -0.2) is 4.39 Å². The van der Waals surface area contributed by atoms with Crippen LogP contribution in [0.5, 0.6) is 0 Å². The maximum Gasteiger partial charge on any atom is 0.227 e. The summed E-state index contributed by atoms with van der Waals surface area (Å²) in [5, 5.41) is -0.351. The summed E-state index contributed by atoms with van der Waals surface area (Å²) in [6, 6.07) is 6.32. The van der Waals surface area contributed by atoms with Crippen molar-refractivity contribution in [3.8, 4) is 0 Å². The Bertz CT molecular complexity index is 403. The topological polar surface area (TPSA) is 17.1 Å². The number of benzene rings is 1. The van der Waals surface area contributed by atoms with Gasteiger partial charge in [-0.1, -0.05) is 32.9 Å². The minimum Gasteiger partial charge on any atom is -0.281 e. The van der Waals surface area contributed by atoms with Crippen LogP contribution < -0.4 is 0 Å². The fraction of sp³-hybridized carbons (Fsp3) is 0.500. The van der Waals surface area contributed by atoms with Gasteiger partial charge < -0.3 is 0 Å². The first-order valence-corrected chi connectivity index (χ1v) is 6.16. The highest BCUT2D eigenvalue weighted by atomic mass is 35.5. The van der Waals surface area contributed by atoms with Gasteiger partial charge in [0.05, 0.1) is 0 Å². The Morgan fingerprint density at radius 3 is 2.59 bits per heavy atom. The van der Waals surface area contributed by atoms with Gasteiger partial charge in [0, 0.05) is 5.41 Å². The first-order chi connectivity index (χ1) is 7.83. The molecule has 0 saturated heterocycles. The summed E-state index contributed by atoms with van der Waals surface area (Å²) in [6.45, 7) is 5.93. The van der Waals surface area contributed by atoms with Gasteiger partial charge in [-0.05, 0) is 48.1 Å². The van der Waals surface area contributed by atoms with Crippen LogP contribution in [0.2, 0.25) is 0 Å². The molecule has 0 bridgehead atoms. The Morgan fingerprint density at radius 2 is 2.12 bits per heavy atom. The van der Waals surface area contributed by atoms with E-state index in [2.05, 4.69) is 0 Å². The lowest BCUT2D eigenvalue weighted by atomic mass is 9.78. The molecule has 0 saturated carbocycles. The van der Waals surface area contributed by atoms with E-state index in [0.29, 0.717) is 18.8 Å². The molecule has 0 aliphatic carbocycles. The van der Waals surface area contributed by atoms with Gasteiger partial charge in [-0.2, -0.15) is 0 Å². The summed E-state index contributed by atoms with van der Waals surface area (Å²) in [7, 11) is 0. The summed E-state index contributed by atoms with van der Waals surface area (Å²) in [5.74, 6) is 0.0904.